The predicted molar refractivity (Wildman–Crippen MR) is 65.9 cm³/mol. The zero-order chi connectivity index (χ0) is 11.4. The summed E-state index contributed by atoms with van der Waals surface area (Å²) in [5.41, 5.74) is 0.837. The number of halogens is 1. The molecule has 5 nitrogen and oxygen atoms in total. The average molecular weight is 260 g/mol. The fraction of sp³-hybridized carbons (Fsp3) is 0.636. The fourth-order valence-corrected chi connectivity index (χ4v) is 1.89. The van der Waals surface area contributed by atoms with E-state index in [1.807, 2.05) is 13.0 Å². The van der Waals surface area contributed by atoms with Crippen LogP contribution >= 0.6 is 12.4 Å². The lowest BCUT2D eigenvalue weighted by Gasteiger charge is -2.21. The Morgan fingerprint density at radius 1 is 1.71 bits per heavy atom. The van der Waals surface area contributed by atoms with E-state index in [0.29, 0.717) is 12.3 Å². The number of amides is 1. The van der Waals surface area contributed by atoms with Crippen LogP contribution in [0, 0.1) is 12.8 Å². The number of hydrogen-bond acceptors (Lipinski definition) is 4. The summed E-state index contributed by atoms with van der Waals surface area (Å²) in [7, 11) is 0. The zero-order valence-electron chi connectivity index (χ0n) is 9.86. The van der Waals surface area contributed by atoms with Crippen LogP contribution < -0.4 is 10.6 Å². The van der Waals surface area contributed by atoms with Crippen molar-refractivity contribution in [3.8, 4) is 0 Å². The summed E-state index contributed by atoms with van der Waals surface area (Å²) in [4.78, 5) is 11.8. The van der Waals surface area contributed by atoms with Crippen LogP contribution in [-0.4, -0.2) is 24.2 Å². The molecule has 1 aliphatic heterocycles. The molecule has 1 aromatic heterocycles. The van der Waals surface area contributed by atoms with Gasteiger partial charge >= 0.3 is 0 Å². The highest BCUT2D eigenvalue weighted by atomic mass is 35.5. The molecule has 2 rings (SSSR count). The second-order valence-corrected chi connectivity index (χ2v) is 4.20. The Hall–Kier alpha value is -1.07. The Balaban J connectivity index is 0.00000144. The lowest BCUT2D eigenvalue weighted by molar-refractivity contribution is -0.125. The van der Waals surface area contributed by atoms with Crippen LogP contribution in [0.15, 0.2) is 10.6 Å². The van der Waals surface area contributed by atoms with E-state index >= 15 is 0 Å². The highest BCUT2D eigenvalue weighted by molar-refractivity contribution is 5.85. The smallest absolute Gasteiger partial charge is 0.224 e. The quantitative estimate of drug-likeness (QED) is 0.851. The first kappa shape index (κ1) is 14.0. The standard InChI is InChI=1S/C11H17N3O2.ClH/c1-8-5-10(16-14-8)7-13-11(15)9-3-2-4-12-6-9;/h5,9,12H,2-4,6-7H2,1H3,(H,13,15);1H. The molecule has 96 valence electrons. The van der Waals surface area contributed by atoms with E-state index in [-0.39, 0.29) is 24.2 Å². The van der Waals surface area contributed by atoms with Gasteiger partial charge in [-0.1, -0.05) is 5.16 Å². The summed E-state index contributed by atoms with van der Waals surface area (Å²) in [5, 5.41) is 9.86. The van der Waals surface area contributed by atoms with Crippen LogP contribution in [0.3, 0.4) is 0 Å². The zero-order valence-corrected chi connectivity index (χ0v) is 10.7. The van der Waals surface area contributed by atoms with E-state index in [4.69, 9.17) is 4.52 Å². The van der Waals surface area contributed by atoms with Gasteiger partial charge in [-0.25, -0.2) is 0 Å². The molecule has 1 amide bonds. The number of aryl methyl sites for hydroxylation is 1. The summed E-state index contributed by atoms with van der Waals surface area (Å²) in [6, 6.07) is 1.83. The van der Waals surface area contributed by atoms with Crippen LogP contribution in [0.2, 0.25) is 0 Å². The summed E-state index contributed by atoms with van der Waals surface area (Å²) < 4.78 is 5.02. The molecular weight excluding hydrogens is 242 g/mol. The van der Waals surface area contributed by atoms with Gasteiger partial charge in [-0.15, -0.1) is 12.4 Å². The minimum atomic E-state index is 0. The van der Waals surface area contributed by atoms with E-state index in [9.17, 15) is 4.79 Å². The number of carbonyl (C=O) groups is 1. The van der Waals surface area contributed by atoms with Gasteiger partial charge in [0.1, 0.15) is 0 Å². The molecule has 1 saturated heterocycles. The van der Waals surface area contributed by atoms with Crippen LogP contribution in [0.5, 0.6) is 0 Å². The van der Waals surface area contributed by atoms with Gasteiger partial charge in [-0.05, 0) is 26.3 Å². The molecule has 0 aromatic carbocycles. The summed E-state index contributed by atoms with van der Waals surface area (Å²) in [5.74, 6) is 0.897. The Labute approximate surface area is 107 Å². The van der Waals surface area contributed by atoms with Gasteiger partial charge in [0.05, 0.1) is 18.2 Å². The molecule has 1 fully saturated rings. The molecule has 17 heavy (non-hydrogen) atoms. The van der Waals surface area contributed by atoms with E-state index < -0.39 is 0 Å². The van der Waals surface area contributed by atoms with Crippen molar-refractivity contribution in [2.75, 3.05) is 13.1 Å². The minimum absolute atomic E-state index is 0. The third-order valence-electron chi connectivity index (χ3n) is 2.78. The monoisotopic (exact) mass is 259 g/mol. The number of rotatable bonds is 3. The van der Waals surface area contributed by atoms with Gasteiger partial charge in [0.15, 0.2) is 5.76 Å². The third kappa shape index (κ3) is 4.02. The average Bonchev–Trinajstić information content (AvgIpc) is 2.73. The Morgan fingerprint density at radius 3 is 3.12 bits per heavy atom. The summed E-state index contributed by atoms with van der Waals surface area (Å²) >= 11 is 0. The number of aromatic nitrogens is 1. The SMILES string of the molecule is Cc1cc(CNC(=O)C2CCCNC2)on1.Cl. The highest BCUT2D eigenvalue weighted by Crippen LogP contribution is 2.10. The largest absolute Gasteiger partial charge is 0.359 e. The summed E-state index contributed by atoms with van der Waals surface area (Å²) in [6.45, 7) is 4.09. The van der Waals surface area contributed by atoms with Crippen molar-refractivity contribution in [3.05, 3.63) is 17.5 Å². The first-order valence-corrected chi connectivity index (χ1v) is 5.66. The number of nitrogens with zero attached hydrogens (tertiary/aromatic N) is 1. The van der Waals surface area contributed by atoms with Crippen molar-refractivity contribution in [1.82, 2.24) is 15.8 Å². The molecule has 1 aliphatic rings. The first-order chi connectivity index (χ1) is 7.75. The van der Waals surface area contributed by atoms with Gasteiger partial charge in [0.2, 0.25) is 5.91 Å². The maximum Gasteiger partial charge on any atom is 0.224 e. The van der Waals surface area contributed by atoms with E-state index in [0.717, 1.165) is 31.6 Å². The van der Waals surface area contributed by atoms with Gasteiger partial charge < -0.3 is 15.2 Å². The van der Waals surface area contributed by atoms with Crippen molar-refractivity contribution < 1.29 is 9.32 Å². The molecule has 1 atom stereocenters. The minimum Gasteiger partial charge on any atom is -0.359 e. The summed E-state index contributed by atoms with van der Waals surface area (Å²) in [6.07, 6.45) is 2.04. The van der Waals surface area contributed by atoms with Crippen LogP contribution in [0.25, 0.3) is 0 Å². The van der Waals surface area contributed by atoms with Crippen molar-refractivity contribution in [3.63, 3.8) is 0 Å². The molecule has 0 aliphatic carbocycles. The number of piperidine rings is 1. The van der Waals surface area contributed by atoms with Gasteiger partial charge in [-0.3, -0.25) is 4.79 Å². The van der Waals surface area contributed by atoms with E-state index in [1.54, 1.807) is 0 Å². The van der Waals surface area contributed by atoms with E-state index in [1.165, 1.54) is 0 Å². The molecule has 0 saturated carbocycles. The Bertz CT molecular complexity index is 361. The van der Waals surface area contributed by atoms with Crippen molar-refractivity contribution in [2.45, 2.75) is 26.3 Å². The Morgan fingerprint density at radius 2 is 2.53 bits per heavy atom. The lowest BCUT2D eigenvalue weighted by Crippen LogP contribution is -2.40. The molecule has 1 aromatic rings. The molecule has 0 bridgehead atoms. The normalized spacial score (nSPS) is 19.5. The number of hydrogen-bond donors (Lipinski definition) is 2. The van der Waals surface area contributed by atoms with Crippen LogP contribution in [-0.2, 0) is 11.3 Å². The highest BCUT2D eigenvalue weighted by Gasteiger charge is 2.20. The molecule has 1 unspecified atom stereocenters. The lowest BCUT2D eigenvalue weighted by atomic mass is 9.99. The Kier molecular flexibility index (Phi) is 5.44. The van der Waals surface area contributed by atoms with Crippen molar-refractivity contribution in [2.24, 2.45) is 5.92 Å². The second-order valence-electron chi connectivity index (χ2n) is 4.20. The predicted octanol–water partition coefficient (Wildman–Crippen LogP) is 1.02. The first-order valence-electron chi connectivity index (χ1n) is 5.66. The number of nitrogens with one attached hydrogen (secondary N) is 2. The molecule has 6 heteroatoms. The maximum absolute atomic E-state index is 11.8. The molecule has 2 heterocycles. The van der Waals surface area contributed by atoms with Crippen LogP contribution in [0.4, 0.5) is 0 Å². The second kappa shape index (κ2) is 6.61. The fourth-order valence-electron chi connectivity index (χ4n) is 1.89. The molecule has 2 N–H and O–H groups in total. The van der Waals surface area contributed by atoms with Crippen molar-refractivity contribution >= 4 is 18.3 Å². The van der Waals surface area contributed by atoms with Gasteiger partial charge in [-0.2, -0.15) is 0 Å². The molecule has 0 radical (unpaired) electrons. The topological polar surface area (TPSA) is 67.2 Å². The molecular formula is C11H18ClN3O2. The number of carbonyl (C=O) groups excluding carboxylic acids is 1. The van der Waals surface area contributed by atoms with Crippen LogP contribution in [0.1, 0.15) is 24.3 Å². The van der Waals surface area contributed by atoms with E-state index in [2.05, 4.69) is 15.8 Å². The van der Waals surface area contributed by atoms with Gasteiger partial charge in [0.25, 0.3) is 0 Å². The van der Waals surface area contributed by atoms with Gasteiger partial charge in [0, 0.05) is 12.6 Å². The van der Waals surface area contributed by atoms with Crippen molar-refractivity contribution in [1.29, 1.82) is 0 Å². The third-order valence-corrected chi connectivity index (χ3v) is 2.78. The molecule has 0 spiro atoms. The maximum atomic E-state index is 11.8.